The highest BCUT2D eigenvalue weighted by molar-refractivity contribution is 9.10. The number of halogens is 1. The molecule has 114 valence electrons. The smallest absolute Gasteiger partial charge is 0.256 e. The molecule has 3 aromatic rings. The van der Waals surface area contributed by atoms with Gasteiger partial charge in [0.05, 0.1) is 0 Å². The number of amides is 1. The van der Waals surface area contributed by atoms with E-state index in [-0.39, 0.29) is 5.91 Å². The van der Waals surface area contributed by atoms with Gasteiger partial charge >= 0.3 is 0 Å². The van der Waals surface area contributed by atoms with E-state index in [0.717, 1.165) is 10.2 Å². The van der Waals surface area contributed by atoms with E-state index in [1.165, 1.54) is 0 Å². The molecule has 0 saturated carbocycles. The van der Waals surface area contributed by atoms with Crippen LogP contribution in [0.1, 0.15) is 10.4 Å². The highest BCUT2D eigenvalue weighted by Gasteiger charge is 2.07. The number of aromatic nitrogens is 1. The van der Waals surface area contributed by atoms with E-state index >= 15 is 0 Å². The minimum atomic E-state index is -0.217. The zero-order valence-electron chi connectivity index (χ0n) is 12.1. The highest BCUT2D eigenvalue weighted by Crippen LogP contribution is 2.21. The van der Waals surface area contributed by atoms with Crippen molar-refractivity contribution < 1.29 is 9.53 Å². The van der Waals surface area contributed by atoms with E-state index in [1.807, 2.05) is 36.4 Å². The number of para-hydroxylation sites is 1. The number of pyridine rings is 1. The van der Waals surface area contributed by atoms with Gasteiger partial charge in [0.1, 0.15) is 17.3 Å². The first-order chi connectivity index (χ1) is 11.2. The van der Waals surface area contributed by atoms with Crippen molar-refractivity contribution >= 4 is 27.7 Å². The van der Waals surface area contributed by atoms with Crippen molar-refractivity contribution in [2.75, 3.05) is 5.32 Å². The Morgan fingerprint density at radius 1 is 0.913 bits per heavy atom. The molecule has 0 saturated heterocycles. The van der Waals surface area contributed by atoms with Gasteiger partial charge in [-0.25, -0.2) is 4.98 Å². The third-order valence-electron chi connectivity index (χ3n) is 3.06. The summed E-state index contributed by atoms with van der Waals surface area (Å²) in [6, 6.07) is 20.0. The molecule has 0 atom stereocenters. The number of nitrogens with one attached hydrogen (secondary N) is 1. The van der Waals surface area contributed by atoms with Crippen LogP contribution in [0.3, 0.4) is 0 Å². The molecule has 2 aromatic carbocycles. The number of hydrogen-bond donors (Lipinski definition) is 1. The molecule has 1 N–H and O–H groups in total. The molecule has 5 heteroatoms. The van der Waals surface area contributed by atoms with Crippen LogP contribution in [-0.4, -0.2) is 10.9 Å². The van der Waals surface area contributed by atoms with Crippen LogP contribution in [0.5, 0.6) is 11.5 Å². The average Bonchev–Trinajstić information content (AvgIpc) is 2.58. The third-order valence-corrected chi connectivity index (χ3v) is 3.53. The van der Waals surface area contributed by atoms with Crippen LogP contribution in [0, 0.1) is 0 Å². The Kier molecular flexibility index (Phi) is 4.68. The summed E-state index contributed by atoms with van der Waals surface area (Å²) in [4.78, 5) is 16.3. The summed E-state index contributed by atoms with van der Waals surface area (Å²) in [5.74, 6) is 1.71. The topological polar surface area (TPSA) is 51.2 Å². The van der Waals surface area contributed by atoms with Gasteiger partial charge in [-0.05, 0) is 64.5 Å². The molecule has 4 nitrogen and oxygen atoms in total. The molecule has 1 aromatic heterocycles. The van der Waals surface area contributed by atoms with Crippen LogP contribution in [0.2, 0.25) is 0 Å². The van der Waals surface area contributed by atoms with E-state index < -0.39 is 0 Å². The summed E-state index contributed by atoms with van der Waals surface area (Å²) in [5.41, 5.74) is 0.537. The van der Waals surface area contributed by atoms with Gasteiger partial charge < -0.3 is 10.1 Å². The first kappa shape index (κ1) is 15.2. The second-order valence-electron chi connectivity index (χ2n) is 4.76. The maximum atomic E-state index is 12.2. The first-order valence-electron chi connectivity index (χ1n) is 6.96. The van der Waals surface area contributed by atoms with Crippen LogP contribution in [0.25, 0.3) is 0 Å². The molecule has 1 heterocycles. The van der Waals surface area contributed by atoms with Gasteiger partial charge in [-0.3, -0.25) is 4.79 Å². The van der Waals surface area contributed by atoms with Gasteiger partial charge in [0, 0.05) is 16.2 Å². The Bertz CT molecular complexity index is 788. The maximum absolute atomic E-state index is 12.2. The maximum Gasteiger partial charge on any atom is 0.256 e. The summed E-state index contributed by atoms with van der Waals surface area (Å²) < 4.78 is 6.55. The molecule has 0 spiro atoms. The lowest BCUT2D eigenvalue weighted by Crippen LogP contribution is -2.12. The van der Waals surface area contributed by atoms with Crippen molar-refractivity contribution in [3.8, 4) is 11.5 Å². The van der Waals surface area contributed by atoms with E-state index in [2.05, 4.69) is 26.2 Å². The van der Waals surface area contributed by atoms with Gasteiger partial charge in [0.15, 0.2) is 0 Å². The minimum Gasteiger partial charge on any atom is -0.457 e. The monoisotopic (exact) mass is 368 g/mol. The van der Waals surface area contributed by atoms with Gasteiger partial charge in [0.25, 0.3) is 5.91 Å². The Morgan fingerprint density at radius 3 is 2.26 bits per heavy atom. The lowest BCUT2D eigenvalue weighted by molar-refractivity contribution is 0.102. The second-order valence-corrected chi connectivity index (χ2v) is 5.67. The Labute approximate surface area is 142 Å². The molecule has 3 rings (SSSR count). The summed E-state index contributed by atoms with van der Waals surface area (Å²) in [7, 11) is 0. The van der Waals surface area contributed by atoms with E-state index in [4.69, 9.17) is 4.74 Å². The van der Waals surface area contributed by atoms with Gasteiger partial charge in [-0.2, -0.15) is 0 Å². The van der Waals surface area contributed by atoms with Crippen molar-refractivity contribution in [3.05, 3.63) is 83.0 Å². The van der Waals surface area contributed by atoms with Gasteiger partial charge in [0.2, 0.25) is 0 Å². The van der Waals surface area contributed by atoms with Crippen LogP contribution in [0.15, 0.2) is 77.4 Å². The minimum absolute atomic E-state index is 0.217. The Balaban J connectivity index is 1.66. The molecule has 1 amide bonds. The molecule has 0 unspecified atom stereocenters. The van der Waals surface area contributed by atoms with E-state index in [0.29, 0.717) is 17.1 Å². The molecular formula is C18H13BrN2O2. The molecule has 0 bridgehead atoms. The zero-order valence-corrected chi connectivity index (χ0v) is 13.7. The third kappa shape index (κ3) is 4.17. The molecule has 0 radical (unpaired) electrons. The van der Waals surface area contributed by atoms with Crippen LogP contribution in [0.4, 0.5) is 5.82 Å². The fourth-order valence-corrected chi connectivity index (χ4v) is 2.17. The quantitative estimate of drug-likeness (QED) is 0.713. The number of ether oxygens (including phenoxy) is 1. The van der Waals surface area contributed by atoms with Crippen LogP contribution >= 0.6 is 15.9 Å². The van der Waals surface area contributed by atoms with Crippen LogP contribution < -0.4 is 10.1 Å². The molecule has 0 aliphatic heterocycles. The number of carbonyl (C=O) groups excluding carboxylic acids is 1. The first-order valence-corrected chi connectivity index (χ1v) is 7.76. The number of rotatable bonds is 4. The van der Waals surface area contributed by atoms with Gasteiger partial charge in [-0.15, -0.1) is 0 Å². The fourth-order valence-electron chi connectivity index (χ4n) is 1.94. The number of hydrogen-bond acceptors (Lipinski definition) is 3. The van der Waals surface area contributed by atoms with Gasteiger partial charge in [-0.1, -0.05) is 18.2 Å². The summed E-state index contributed by atoms with van der Waals surface area (Å²) in [5, 5.41) is 2.74. The lowest BCUT2D eigenvalue weighted by atomic mass is 10.2. The standard InChI is InChI=1S/C18H13BrN2O2/c19-14-8-11-17(20-12-14)21-18(22)13-6-9-16(10-7-13)23-15-4-2-1-3-5-15/h1-12H,(H,20,21,22). The largest absolute Gasteiger partial charge is 0.457 e. The SMILES string of the molecule is O=C(Nc1ccc(Br)cn1)c1ccc(Oc2ccccc2)cc1. The molecular weight excluding hydrogens is 356 g/mol. The van der Waals surface area contributed by atoms with Crippen molar-refractivity contribution in [2.24, 2.45) is 0 Å². The molecule has 23 heavy (non-hydrogen) atoms. The van der Waals surface area contributed by atoms with Crippen LogP contribution in [-0.2, 0) is 0 Å². The van der Waals surface area contributed by atoms with Crippen molar-refractivity contribution in [3.63, 3.8) is 0 Å². The molecule has 0 aliphatic rings. The second kappa shape index (κ2) is 7.07. The van der Waals surface area contributed by atoms with Crippen molar-refractivity contribution in [1.29, 1.82) is 0 Å². The Morgan fingerprint density at radius 2 is 1.61 bits per heavy atom. The normalized spacial score (nSPS) is 10.1. The highest BCUT2D eigenvalue weighted by atomic mass is 79.9. The van der Waals surface area contributed by atoms with E-state index in [9.17, 15) is 4.79 Å². The fraction of sp³-hybridized carbons (Fsp3) is 0. The summed E-state index contributed by atoms with van der Waals surface area (Å²) in [6.45, 7) is 0. The number of anilines is 1. The predicted octanol–water partition coefficient (Wildman–Crippen LogP) is 4.89. The molecule has 0 fully saturated rings. The summed E-state index contributed by atoms with van der Waals surface area (Å²) in [6.07, 6.45) is 1.63. The number of nitrogens with zero attached hydrogens (tertiary/aromatic N) is 1. The molecule has 0 aliphatic carbocycles. The van der Waals surface area contributed by atoms with Crippen molar-refractivity contribution in [2.45, 2.75) is 0 Å². The predicted molar refractivity (Wildman–Crippen MR) is 92.8 cm³/mol. The van der Waals surface area contributed by atoms with Crippen molar-refractivity contribution in [1.82, 2.24) is 4.98 Å². The lowest BCUT2D eigenvalue weighted by Gasteiger charge is -2.07. The van der Waals surface area contributed by atoms with E-state index in [1.54, 1.807) is 36.5 Å². The summed E-state index contributed by atoms with van der Waals surface area (Å²) >= 11 is 3.30. The Hall–Kier alpha value is -2.66. The number of carbonyl (C=O) groups is 1. The number of benzene rings is 2. The average molecular weight is 369 g/mol. The zero-order chi connectivity index (χ0) is 16.1.